The number of carbonyl (C=O) groups is 1. The average Bonchev–Trinajstić information content (AvgIpc) is 2.80. The van der Waals surface area contributed by atoms with Crippen LogP contribution in [0, 0.1) is 11.8 Å². The second-order valence-electron chi connectivity index (χ2n) is 4.93. The summed E-state index contributed by atoms with van der Waals surface area (Å²) in [5.74, 6) is 1.56. The Bertz CT molecular complexity index is 225. The van der Waals surface area contributed by atoms with Gasteiger partial charge in [-0.25, -0.2) is 0 Å². The zero-order valence-electron chi connectivity index (χ0n) is 9.71. The fourth-order valence-electron chi connectivity index (χ4n) is 1.68. The minimum absolute atomic E-state index is 0.0686. The number of nitrogens with zero attached hydrogens (tertiary/aromatic N) is 1. The molecule has 0 bridgehead atoms. The summed E-state index contributed by atoms with van der Waals surface area (Å²) in [6, 6.07) is 0. The van der Waals surface area contributed by atoms with Crippen molar-refractivity contribution in [1.82, 2.24) is 4.90 Å². The molecule has 2 N–H and O–H groups in total. The van der Waals surface area contributed by atoms with E-state index in [1.165, 1.54) is 6.42 Å². The van der Waals surface area contributed by atoms with Crippen LogP contribution in [0.4, 0.5) is 0 Å². The van der Waals surface area contributed by atoms with Crippen LogP contribution in [-0.2, 0) is 4.79 Å². The Hall–Kier alpha value is -0.570. The molecule has 1 amide bonds. The Morgan fingerprint density at radius 3 is 2.50 bits per heavy atom. The second kappa shape index (κ2) is 3.89. The first-order valence-corrected chi connectivity index (χ1v) is 5.43. The lowest BCUT2D eigenvalue weighted by atomic mass is 9.98. The third kappa shape index (κ3) is 2.47. The molecule has 0 radical (unpaired) electrons. The normalized spacial score (nSPS) is 29.5. The number of amides is 1. The summed E-state index contributed by atoms with van der Waals surface area (Å²) in [5.41, 5.74) is 5.21. The third-order valence-electron chi connectivity index (χ3n) is 3.35. The van der Waals surface area contributed by atoms with Crippen LogP contribution in [0.1, 0.15) is 33.6 Å². The molecule has 3 nitrogen and oxygen atoms in total. The molecule has 1 aliphatic carbocycles. The molecule has 3 heteroatoms. The minimum Gasteiger partial charge on any atom is -0.344 e. The second-order valence-corrected chi connectivity index (χ2v) is 4.93. The zero-order valence-corrected chi connectivity index (χ0v) is 9.71. The van der Waals surface area contributed by atoms with Crippen molar-refractivity contribution >= 4 is 5.91 Å². The van der Waals surface area contributed by atoms with Gasteiger partial charge in [0.1, 0.15) is 0 Å². The largest absolute Gasteiger partial charge is 0.344 e. The van der Waals surface area contributed by atoms with Crippen LogP contribution in [-0.4, -0.2) is 29.9 Å². The molecule has 0 aromatic rings. The smallest absolute Gasteiger partial charge is 0.242 e. The van der Waals surface area contributed by atoms with Crippen LogP contribution >= 0.6 is 0 Å². The van der Waals surface area contributed by atoms with Crippen LogP contribution in [0.25, 0.3) is 0 Å². The minimum atomic E-state index is -0.688. The van der Waals surface area contributed by atoms with Crippen molar-refractivity contribution < 1.29 is 4.79 Å². The summed E-state index contributed by atoms with van der Waals surface area (Å²) in [6.45, 7) is 6.85. The van der Waals surface area contributed by atoms with E-state index in [2.05, 4.69) is 6.92 Å². The van der Waals surface area contributed by atoms with Crippen LogP contribution in [0.15, 0.2) is 0 Å². The van der Waals surface area contributed by atoms with Crippen molar-refractivity contribution in [3.8, 4) is 0 Å². The summed E-state index contributed by atoms with van der Waals surface area (Å²) >= 11 is 0. The standard InChI is InChI=1S/C11H22N2O/c1-5-11(3,12)10(14)13(4)7-9-6-8(9)2/h8-9H,5-7,12H2,1-4H3. The highest BCUT2D eigenvalue weighted by molar-refractivity contribution is 5.85. The van der Waals surface area contributed by atoms with E-state index in [0.717, 1.165) is 12.5 Å². The fourth-order valence-corrected chi connectivity index (χ4v) is 1.68. The van der Waals surface area contributed by atoms with E-state index in [9.17, 15) is 4.79 Å². The van der Waals surface area contributed by atoms with Crippen LogP contribution in [0.3, 0.4) is 0 Å². The first-order valence-electron chi connectivity index (χ1n) is 5.43. The van der Waals surface area contributed by atoms with E-state index in [1.54, 1.807) is 4.90 Å². The van der Waals surface area contributed by atoms with E-state index in [0.29, 0.717) is 12.3 Å². The molecule has 82 valence electrons. The molecule has 0 aliphatic heterocycles. The Kier molecular flexibility index (Phi) is 3.20. The number of likely N-dealkylation sites (N-methyl/N-ethyl adjacent to an activating group) is 1. The van der Waals surface area contributed by atoms with Gasteiger partial charge in [-0.3, -0.25) is 4.79 Å². The van der Waals surface area contributed by atoms with Crippen LogP contribution in [0.2, 0.25) is 0 Å². The number of hydrogen-bond donors (Lipinski definition) is 1. The van der Waals surface area contributed by atoms with Gasteiger partial charge >= 0.3 is 0 Å². The van der Waals surface area contributed by atoms with Gasteiger partial charge in [-0.2, -0.15) is 0 Å². The summed E-state index contributed by atoms with van der Waals surface area (Å²) in [4.78, 5) is 13.7. The molecule has 1 fully saturated rings. The fraction of sp³-hybridized carbons (Fsp3) is 0.909. The number of nitrogens with two attached hydrogens (primary N) is 1. The molecule has 3 unspecified atom stereocenters. The highest BCUT2D eigenvalue weighted by Gasteiger charge is 2.36. The predicted molar refractivity (Wildman–Crippen MR) is 57.8 cm³/mol. The molecule has 0 saturated heterocycles. The van der Waals surface area contributed by atoms with Gasteiger partial charge in [-0.1, -0.05) is 13.8 Å². The molecular formula is C11H22N2O. The lowest BCUT2D eigenvalue weighted by Crippen LogP contribution is -2.52. The molecule has 0 heterocycles. The Morgan fingerprint density at radius 1 is 1.64 bits per heavy atom. The first-order chi connectivity index (χ1) is 6.38. The quantitative estimate of drug-likeness (QED) is 0.738. The lowest BCUT2D eigenvalue weighted by Gasteiger charge is -2.28. The highest BCUT2D eigenvalue weighted by atomic mass is 16.2. The van der Waals surface area contributed by atoms with Crippen LogP contribution in [0.5, 0.6) is 0 Å². The number of rotatable bonds is 4. The van der Waals surface area contributed by atoms with E-state index in [4.69, 9.17) is 5.73 Å². The van der Waals surface area contributed by atoms with E-state index in [-0.39, 0.29) is 5.91 Å². The molecule has 0 aromatic carbocycles. The topological polar surface area (TPSA) is 46.3 Å². The maximum absolute atomic E-state index is 11.9. The lowest BCUT2D eigenvalue weighted by molar-refractivity contribution is -0.135. The van der Waals surface area contributed by atoms with Gasteiger partial charge in [0, 0.05) is 13.6 Å². The highest BCUT2D eigenvalue weighted by Crippen LogP contribution is 2.38. The molecule has 1 aliphatic rings. The molecule has 0 aromatic heterocycles. The summed E-state index contributed by atoms with van der Waals surface area (Å²) < 4.78 is 0. The first kappa shape index (κ1) is 11.5. The van der Waals surface area contributed by atoms with Gasteiger partial charge in [0.2, 0.25) is 5.91 Å². The predicted octanol–water partition coefficient (Wildman–Crippen LogP) is 1.23. The maximum atomic E-state index is 11.9. The third-order valence-corrected chi connectivity index (χ3v) is 3.35. The monoisotopic (exact) mass is 198 g/mol. The summed E-state index contributed by atoms with van der Waals surface area (Å²) in [7, 11) is 1.86. The molecule has 0 spiro atoms. The Balaban J connectivity index is 2.43. The van der Waals surface area contributed by atoms with Gasteiger partial charge in [0.05, 0.1) is 5.54 Å². The van der Waals surface area contributed by atoms with Crippen molar-refractivity contribution in [1.29, 1.82) is 0 Å². The van der Waals surface area contributed by atoms with E-state index < -0.39 is 5.54 Å². The molecule has 1 saturated carbocycles. The summed E-state index contributed by atoms with van der Waals surface area (Å²) in [5, 5.41) is 0. The zero-order chi connectivity index (χ0) is 10.9. The number of carbonyl (C=O) groups excluding carboxylic acids is 1. The maximum Gasteiger partial charge on any atom is 0.242 e. The number of hydrogen-bond acceptors (Lipinski definition) is 2. The molecule has 14 heavy (non-hydrogen) atoms. The SMILES string of the molecule is CCC(C)(N)C(=O)N(C)CC1CC1C. The molecule has 3 atom stereocenters. The van der Waals surface area contributed by atoms with Gasteiger partial charge in [-0.15, -0.1) is 0 Å². The molecule has 1 rings (SSSR count). The van der Waals surface area contributed by atoms with Crippen molar-refractivity contribution in [2.24, 2.45) is 17.6 Å². The van der Waals surface area contributed by atoms with Crippen molar-refractivity contribution in [2.45, 2.75) is 39.2 Å². The summed E-state index contributed by atoms with van der Waals surface area (Å²) in [6.07, 6.45) is 1.95. The van der Waals surface area contributed by atoms with Gasteiger partial charge in [0.25, 0.3) is 0 Å². The van der Waals surface area contributed by atoms with Gasteiger partial charge in [0.15, 0.2) is 0 Å². The van der Waals surface area contributed by atoms with Gasteiger partial charge in [-0.05, 0) is 31.6 Å². The average molecular weight is 198 g/mol. The Labute approximate surface area is 86.6 Å². The van der Waals surface area contributed by atoms with Gasteiger partial charge < -0.3 is 10.6 Å². The van der Waals surface area contributed by atoms with E-state index >= 15 is 0 Å². The van der Waals surface area contributed by atoms with Crippen molar-refractivity contribution in [3.63, 3.8) is 0 Å². The Morgan fingerprint density at radius 2 is 2.14 bits per heavy atom. The van der Waals surface area contributed by atoms with Crippen molar-refractivity contribution in [2.75, 3.05) is 13.6 Å². The van der Waals surface area contributed by atoms with Crippen LogP contribution < -0.4 is 5.73 Å². The van der Waals surface area contributed by atoms with E-state index in [1.807, 2.05) is 20.9 Å². The van der Waals surface area contributed by atoms with Crippen molar-refractivity contribution in [3.05, 3.63) is 0 Å². The molecular weight excluding hydrogens is 176 g/mol.